The minimum absolute atomic E-state index is 0.290. The van der Waals surface area contributed by atoms with E-state index in [0.717, 1.165) is 21.9 Å². The molecule has 0 saturated heterocycles. The average molecular weight is 328 g/mol. The van der Waals surface area contributed by atoms with Crippen molar-refractivity contribution in [2.75, 3.05) is 5.75 Å². The van der Waals surface area contributed by atoms with Crippen LogP contribution in [0.15, 0.2) is 28.7 Å². The van der Waals surface area contributed by atoms with Gasteiger partial charge in [-0.15, -0.1) is 0 Å². The maximum Gasteiger partial charge on any atom is 0.0175 e. The molecule has 0 radical (unpaired) electrons. The summed E-state index contributed by atoms with van der Waals surface area (Å²) in [7, 11) is 0. The Hall–Kier alpha value is 0.01000. The Morgan fingerprint density at radius 1 is 1.17 bits per heavy atom. The molecule has 1 fully saturated rings. The van der Waals surface area contributed by atoms with Crippen molar-refractivity contribution in [2.24, 2.45) is 5.73 Å². The lowest BCUT2D eigenvalue weighted by molar-refractivity contribution is 0.515. The minimum atomic E-state index is 0.290. The Bertz CT molecular complexity index is 346. The summed E-state index contributed by atoms with van der Waals surface area (Å²) >= 11 is 5.55. The molecule has 1 aliphatic rings. The van der Waals surface area contributed by atoms with Gasteiger partial charge in [-0.1, -0.05) is 47.3 Å². The molecule has 0 amide bonds. The molecule has 18 heavy (non-hydrogen) atoms. The molecule has 1 aromatic rings. The van der Waals surface area contributed by atoms with Crippen LogP contribution in [0.25, 0.3) is 0 Å². The summed E-state index contributed by atoms with van der Waals surface area (Å²) in [5.41, 5.74) is 7.57. The molecule has 2 rings (SSSR count). The quantitative estimate of drug-likeness (QED) is 0.868. The summed E-state index contributed by atoms with van der Waals surface area (Å²) in [5.74, 6) is 1.10. The van der Waals surface area contributed by atoms with Gasteiger partial charge in [0.1, 0.15) is 0 Å². The largest absolute Gasteiger partial charge is 0.327 e. The number of halogens is 1. The zero-order valence-corrected chi connectivity index (χ0v) is 13.2. The zero-order chi connectivity index (χ0) is 12.8. The first-order chi connectivity index (χ1) is 8.74. The number of rotatable bonds is 5. The Morgan fingerprint density at radius 2 is 1.83 bits per heavy atom. The van der Waals surface area contributed by atoms with E-state index in [2.05, 4.69) is 52.0 Å². The summed E-state index contributed by atoms with van der Waals surface area (Å²) in [4.78, 5) is 0. The van der Waals surface area contributed by atoms with Crippen LogP contribution in [0, 0.1) is 0 Å². The van der Waals surface area contributed by atoms with Crippen LogP contribution in [0.2, 0.25) is 0 Å². The van der Waals surface area contributed by atoms with E-state index in [-0.39, 0.29) is 6.04 Å². The number of nitrogens with two attached hydrogens (primary N) is 1. The molecule has 3 heteroatoms. The van der Waals surface area contributed by atoms with Crippen LogP contribution in [0.1, 0.15) is 37.7 Å². The molecule has 1 aliphatic carbocycles. The van der Waals surface area contributed by atoms with Crippen LogP contribution >= 0.6 is 27.7 Å². The van der Waals surface area contributed by atoms with Crippen molar-refractivity contribution in [3.05, 3.63) is 34.3 Å². The van der Waals surface area contributed by atoms with Gasteiger partial charge in [-0.3, -0.25) is 0 Å². The highest BCUT2D eigenvalue weighted by molar-refractivity contribution is 9.10. The van der Waals surface area contributed by atoms with E-state index in [1.54, 1.807) is 0 Å². The lowest BCUT2D eigenvalue weighted by Gasteiger charge is -2.22. The molecule has 0 spiro atoms. The Kier molecular flexibility index (Phi) is 6.06. The summed E-state index contributed by atoms with van der Waals surface area (Å²) in [6.45, 7) is 0. The highest BCUT2D eigenvalue weighted by Crippen LogP contribution is 2.28. The van der Waals surface area contributed by atoms with Gasteiger partial charge in [0.25, 0.3) is 0 Å². The van der Waals surface area contributed by atoms with E-state index in [1.807, 2.05) is 0 Å². The van der Waals surface area contributed by atoms with Crippen molar-refractivity contribution in [3.63, 3.8) is 0 Å². The molecule has 1 nitrogen and oxygen atoms in total. The number of benzene rings is 1. The second kappa shape index (κ2) is 7.56. The van der Waals surface area contributed by atoms with Gasteiger partial charge in [0.05, 0.1) is 0 Å². The second-order valence-corrected chi connectivity index (χ2v) is 7.43. The van der Waals surface area contributed by atoms with Gasteiger partial charge in [-0.05, 0) is 37.0 Å². The van der Waals surface area contributed by atoms with Crippen LogP contribution in [-0.4, -0.2) is 17.0 Å². The predicted molar refractivity (Wildman–Crippen MR) is 85.2 cm³/mol. The fraction of sp³-hybridized carbons (Fsp3) is 0.600. The molecule has 1 saturated carbocycles. The predicted octanol–water partition coefficient (Wildman–Crippen LogP) is 4.38. The first kappa shape index (κ1) is 14.4. The van der Waals surface area contributed by atoms with Crippen LogP contribution in [0.3, 0.4) is 0 Å². The summed E-state index contributed by atoms with van der Waals surface area (Å²) in [6.07, 6.45) is 8.06. The van der Waals surface area contributed by atoms with E-state index >= 15 is 0 Å². The second-order valence-electron chi connectivity index (χ2n) is 5.18. The highest BCUT2D eigenvalue weighted by atomic mass is 79.9. The number of thioether (sulfide) groups is 1. The first-order valence-corrected chi connectivity index (χ1v) is 8.70. The van der Waals surface area contributed by atoms with Crippen molar-refractivity contribution < 1.29 is 0 Å². The Labute approximate surface area is 123 Å². The van der Waals surface area contributed by atoms with E-state index < -0.39 is 0 Å². The van der Waals surface area contributed by atoms with Crippen molar-refractivity contribution in [1.29, 1.82) is 0 Å². The molecule has 1 unspecified atom stereocenters. The van der Waals surface area contributed by atoms with Gasteiger partial charge in [-0.25, -0.2) is 0 Å². The monoisotopic (exact) mass is 327 g/mol. The van der Waals surface area contributed by atoms with Crippen molar-refractivity contribution in [2.45, 2.75) is 49.8 Å². The Morgan fingerprint density at radius 3 is 2.50 bits per heavy atom. The molecule has 1 atom stereocenters. The standard InChI is InChI=1S/C15H22BrNS/c16-13-8-6-12(7-9-13)10-14(17)11-18-15-4-2-1-3-5-15/h6-9,14-15H,1-5,10-11,17H2. The van der Waals surface area contributed by atoms with Crippen molar-refractivity contribution >= 4 is 27.7 Å². The third-order valence-electron chi connectivity index (χ3n) is 3.51. The van der Waals surface area contributed by atoms with Crippen molar-refractivity contribution in [3.8, 4) is 0 Å². The van der Waals surface area contributed by atoms with Crippen molar-refractivity contribution in [1.82, 2.24) is 0 Å². The zero-order valence-electron chi connectivity index (χ0n) is 10.8. The van der Waals surface area contributed by atoms with Gasteiger partial charge in [0.2, 0.25) is 0 Å². The summed E-state index contributed by atoms with van der Waals surface area (Å²) < 4.78 is 1.14. The normalized spacial score (nSPS) is 18.8. The smallest absolute Gasteiger partial charge is 0.0175 e. The summed E-state index contributed by atoms with van der Waals surface area (Å²) in [6, 6.07) is 8.80. The number of hydrogen-bond acceptors (Lipinski definition) is 2. The van der Waals surface area contributed by atoms with Crippen LogP contribution in [-0.2, 0) is 6.42 Å². The van der Waals surface area contributed by atoms with Crippen LogP contribution in [0.5, 0.6) is 0 Å². The van der Waals surface area contributed by atoms with Gasteiger partial charge in [0.15, 0.2) is 0 Å². The van der Waals surface area contributed by atoms with E-state index in [4.69, 9.17) is 5.73 Å². The first-order valence-electron chi connectivity index (χ1n) is 6.85. The minimum Gasteiger partial charge on any atom is -0.327 e. The molecule has 100 valence electrons. The highest BCUT2D eigenvalue weighted by Gasteiger charge is 2.15. The molecule has 0 aliphatic heterocycles. The third-order valence-corrected chi connectivity index (χ3v) is 5.60. The van der Waals surface area contributed by atoms with Gasteiger partial charge < -0.3 is 5.73 Å². The van der Waals surface area contributed by atoms with E-state index in [1.165, 1.54) is 37.7 Å². The fourth-order valence-corrected chi connectivity index (χ4v) is 4.04. The molecule has 1 aromatic carbocycles. The average Bonchev–Trinajstić information content (AvgIpc) is 2.40. The van der Waals surface area contributed by atoms with E-state index in [0.29, 0.717) is 0 Å². The lowest BCUT2D eigenvalue weighted by Crippen LogP contribution is -2.27. The Balaban J connectivity index is 1.71. The lowest BCUT2D eigenvalue weighted by atomic mass is 10.0. The molecule has 0 aromatic heterocycles. The number of hydrogen-bond donors (Lipinski definition) is 1. The van der Waals surface area contributed by atoms with Crippen LogP contribution in [0.4, 0.5) is 0 Å². The van der Waals surface area contributed by atoms with E-state index in [9.17, 15) is 0 Å². The maximum absolute atomic E-state index is 6.23. The van der Waals surface area contributed by atoms with Crippen LogP contribution < -0.4 is 5.73 Å². The van der Waals surface area contributed by atoms with Gasteiger partial charge >= 0.3 is 0 Å². The maximum atomic E-state index is 6.23. The molecular weight excluding hydrogens is 306 g/mol. The van der Waals surface area contributed by atoms with Gasteiger partial charge in [-0.2, -0.15) is 11.8 Å². The third kappa shape index (κ3) is 4.94. The molecular formula is C15H22BrNS. The summed E-state index contributed by atoms with van der Waals surface area (Å²) in [5, 5.41) is 0.870. The van der Waals surface area contributed by atoms with Gasteiger partial charge in [0, 0.05) is 21.5 Å². The molecule has 0 heterocycles. The fourth-order valence-electron chi connectivity index (χ4n) is 2.47. The molecule has 0 bridgehead atoms. The topological polar surface area (TPSA) is 26.0 Å². The SMILES string of the molecule is NC(CSC1CCCCC1)Cc1ccc(Br)cc1. The molecule has 2 N–H and O–H groups in total.